The minimum Gasteiger partial charge on any atom is -0.340 e. The highest BCUT2D eigenvalue weighted by molar-refractivity contribution is 6.30. The minimum atomic E-state index is -0.118. The summed E-state index contributed by atoms with van der Waals surface area (Å²) in [6, 6.07) is 7.07. The molecule has 1 amide bonds. The van der Waals surface area contributed by atoms with Crippen LogP contribution in [0.15, 0.2) is 24.3 Å². The summed E-state index contributed by atoms with van der Waals surface area (Å²) in [6.07, 6.45) is 0. The first-order valence-corrected chi connectivity index (χ1v) is 6.88. The van der Waals surface area contributed by atoms with Crippen LogP contribution in [0.25, 0.3) is 11.4 Å². The Bertz CT molecular complexity index is 611. The predicted molar refractivity (Wildman–Crippen MR) is 79.5 cm³/mol. The topological polar surface area (TPSA) is 89.9 Å². The molecule has 0 saturated heterocycles. The second kappa shape index (κ2) is 6.64. The first kappa shape index (κ1) is 15.4. The maximum atomic E-state index is 12.0. The molecule has 0 aliphatic carbocycles. The number of halogens is 1. The normalized spacial score (nSPS) is 12.2. The fourth-order valence-corrected chi connectivity index (χ4v) is 1.79. The van der Waals surface area contributed by atoms with Gasteiger partial charge in [0.25, 0.3) is 0 Å². The lowest BCUT2D eigenvalue weighted by Gasteiger charge is -2.23. The summed E-state index contributed by atoms with van der Waals surface area (Å²) in [5, 5.41) is 12.7. The minimum absolute atomic E-state index is 0.0292. The van der Waals surface area contributed by atoms with E-state index in [1.54, 1.807) is 36.2 Å². The Morgan fingerprint density at radius 2 is 2.10 bits per heavy atom. The quantitative estimate of drug-likeness (QED) is 0.882. The lowest BCUT2D eigenvalue weighted by atomic mass is 10.2. The van der Waals surface area contributed by atoms with E-state index in [1.807, 2.05) is 6.92 Å². The third-order valence-corrected chi connectivity index (χ3v) is 3.48. The molecule has 1 unspecified atom stereocenters. The van der Waals surface area contributed by atoms with Gasteiger partial charge < -0.3 is 10.6 Å². The molecule has 2 N–H and O–H groups in total. The summed E-state index contributed by atoms with van der Waals surface area (Å²) < 4.78 is 0. The van der Waals surface area contributed by atoms with Crippen LogP contribution in [-0.4, -0.2) is 50.6 Å². The largest absolute Gasteiger partial charge is 0.340 e. The van der Waals surface area contributed by atoms with Crippen LogP contribution in [0.1, 0.15) is 6.92 Å². The van der Waals surface area contributed by atoms with E-state index in [0.717, 1.165) is 5.56 Å². The molecule has 0 bridgehead atoms. The molecule has 0 aliphatic heterocycles. The van der Waals surface area contributed by atoms with Gasteiger partial charge in [-0.25, -0.2) is 0 Å². The number of hydrogen-bond acceptors (Lipinski definition) is 5. The Morgan fingerprint density at radius 3 is 2.71 bits per heavy atom. The summed E-state index contributed by atoms with van der Waals surface area (Å²) in [4.78, 5) is 14.9. The van der Waals surface area contributed by atoms with E-state index in [2.05, 4.69) is 15.4 Å². The van der Waals surface area contributed by atoms with Gasteiger partial charge in [0, 0.05) is 30.2 Å². The molecule has 7 nitrogen and oxygen atoms in total. The number of nitrogens with two attached hydrogens (primary N) is 1. The summed E-state index contributed by atoms with van der Waals surface area (Å²) >= 11 is 5.83. The summed E-state index contributed by atoms with van der Waals surface area (Å²) in [7, 11) is 1.71. The molecule has 0 radical (unpaired) electrons. The van der Waals surface area contributed by atoms with Crippen LogP contribution < -0.4 is 5.73 Å². The monoisotopic (exact) mass is 308 g/mol. The van der Waals surface area contributed by atoms with Crippen molar-refractivity contribution < 1.29 is 4.79 Å². The number of amides is 1. The van der Waals surface area contributed by atoms with Gasteiger partial charge >= 0.3 is 0 Å². The van der Waals surface area contributed by atoms with Crippen molar-refractivity contribution in [2.45, 2.75) is 19.5 Å². The Hall–Kier alpha value is -1.99. The zero-order valence-electron chi connectivity index (χ0n) is 11.9. The number of likely N-dealkylation sites (N-methyl/N-ethyl adjacent to an activating group) is 1. The van der Waals surface area contributed by atoms with Gasteiger partial charge in [0.15, 0.2) is 0 Å². The maximum absolute atomic E-state index is 12.0. The molecule has 2 aromatic rings. The Kier molecular flexibility index (Phi) is 4.87. The number of nitrogens with zero attached hydrogens (tertiary/aromatic N) is 5. The highest BCUT2D eigenvalue weighted by Gasteiger charge is 2.16. The van der Waals surface area contributed by atoms with Crippen molar-refractivity contribution in [1.29, 1.82) is 0 Å². The van der Waals surface area contributed by atoms with E-state index in [9.17, 15) is 4.79 Å². The second-order valence-electron chi connectivity index (χ2n) is 4.74. The molecule has 1 aromatic carbocycles. The first-order valence-electron chi connectivity index (χ1n) is 6.50. The zero-order valence-corrected chi connectivity index (χ0v) is 12.7. The van der Waals surface area contributed by atoms with Crippen molar-refractivity contribution >= 4 is 17.5 Å². The van der Waals surface area contributed by atoms with Crippen LogP contribution in [0.4, 0.5) is 0 Å². The van der Waals surface area contributed by atoms with Crippen LogP contribution in [0.3, 0.4) is 0 Å². The van der Waals surface area contributed by atoms with Crippen molar-refractivity contribution in [2.24, 2.45) is 5.73 Å². The Labute approximate surface area is 127 Å². The molecular formula is C13H17ClN6O. The molecule has 0 fully saturated rings. The number of benzene rings is 1. The van der Waals surface area contributed by atoms with Gasteiger partial charge in [-0.1, -0.05) is 11.6 Å². The van der Waals surface area contributed by atoms with Crippen molar-refractivity contribution in [1.82, 2.24) is 25.1 Å². The molecule has 0 spiro atoms. The fourth-order valence-electron chi connectivity index (χ4n) is 1.66. The lowest BCUT2D eigenvalue weighted by Crippen LogP contribution is -2.41. The number of aromatic nitrogens is 4. The van der Waals surface area contributed by atoms with E-state index < -0.39 is 0 Å². The number of rotatable bonds is 5. The van der Waals surface area contributed by atoms with Crippen molar-refractivity contribution in [3.63, 3.8) is 0 Å². The highest BCUT2D eigenvalue weighted by atomic mass is 35.5. The summed E-state index contributed by atoms with van der Waals surface area (Å²) in [5.41, 5.74) is 6.33. The van der Waals surface area contributed by atoms with Crippen molar-refractivity contribution in [3.05, 3.63) is 29.3 Å². The van der Waals surface area contributed by atoms with Gasteiger partial charge in [-0.05, 0) is 36.4 Å². The molecule has 2 rings (SSSR count). The van der Waals surface area contributed by atoms with Crippen LogP contribution in [0, 0.1) is 0 Å². The Balaban J connectivity index is 2.06. The molecule has 1 atom stereocenters. The second-order valence-corrected chi connectivity index (χ2v) is 5.18. The fraction of sp³-hybridized carbons (Fsp3) is 0.385. The van der Waals surface area contributed by atoms with Gasteiger partial charge in [-0.2, -0.15) is 4.80 Å². The van der Waals surface area contributed by atoms with Gasteiger partial charge in [0.2, 0.25) is 11.7 Å². The van der Waals surface area contributed by atoms with E-state index in [4.69, 9.17) is 17.3 Å². The van der Waals surface area contributed by atoms with Crippen molar-refractivity contribution in [2.75, 3.05) is 13.6 Å². The molecular weight excluding hydrogens is 292 g/mol. The molecule has 1 heterocycles. The van der Waals surface area contributed by atoms with Crippen molar-refractivity contribution in [3.8, 4) is 11.4 Å². The zero-order chi connectivity index (χ0) is 15.4. The number of carbonyl (C=O) groups excluding carboxylic acids is 1. The number of carbonyl (C=O) groups is 1. The van der Waals surface area contributed by atoms with Gasteiger partial charge in [0.1, 0.15) is 6.54 Å². The molecule has 112 valence electrons. The first-order chi connectivity index (χ1) is 10.0. The van der Waals surface area contributed by atoms with E-state index in [1.165, 1.54) is 4.80 Å². The lowest BCUT2D eigenvalue weighted by molar-refractivity contribution is -0.132. The summed E-state index contributed by atoms with van der Waals surface area (Å²) in [5.74, 6) is 0.335. The number of tetrazole rings is 1. The van der Waals surface area contributed by atoms with E-state index >= 15 is 0 Å². The van der Waals surface area contributed by atoms with Crippen LogP contribution in [0.5, 0.6) is 0 Å². The molecule has 21 heavy (non-hydrogen) atoms. The SMILES string of the molecule is CC(CN)N(C)C(=O)Cn1nnc(-c2ccc(Cl)cc2)n1. The van der Waals surface area contributed by atoms with Gasteiger partial charge in [0.05, 0.1) is 0 Å². The average molecular weight is 309 g/mol. The van der Waals surface area contributed by atoms with E-state index in [-0.39, 0.29) is 18.5 Å². The number of hydrogen-bond donors (Lipinski definition) is 1. The highest BCUT2D eigenvalue weighted by Crippen LogP contribution is 2.16. The Morgan fingerprint density at radius 1 is 1.43 bits per heavy atom. The third kappa shape index (κ3) is 3.77. The van der Waals surface area contributed by atoms with Crippen LogP contribution in [-0.2, 0) is 11.3 Å². The van der Waals surface area contributed by atoms with Gasteiger partial charge in [-0.3, -0.25) is 4.79 Å². The average Bonchev–Trinajstić information content (AvgIpc) is 2.94. The standard InChI is InChI=1S/C13H17ClN6O/c1-9(7-15)19(2)12(21)8-20-17-13(16-18-20)10-3-5-11(14)6-4-10/h3-6,9H,7-8,15H2,1-2H3. The maximum Gasteiger partial charge on any atom is 0.246 e. The molecule has 8 heteroatoms. The van der Waals surface area contributed by atoms with E-state index in [0.29, 0.717) is 17.4 Å². The third-order valence-electron chi connectivity index (χ3n) is 3.23. The molecule has 0 aliphatic rings. The molecule has 1 aromatic heterocycles. The van der Waals surface area contributed by atoms with Crippen LogP contribution in [0.2, 0.25) is 5.02 Å². The summed E-state index contributed by atoms with van der Waals surface area (Å²) in [6.45, 7) is 2.32. The molecule has 0 saturated carbocycles. The van der Waals surface area contributed by atoms with Crippen LogP contribution >= 0.6 is 11.6 Å². The van der Waals surface area contributed by atoms with Gasteiger partial charge in [-0.15, -0.1) is 10.2 Å². The predicted octanol–water partition coefficient (Wildman–Crippen LogP) is 0.799. The smallest absolute Gasteiger partial charge is 0.246 e.